The van der Waals surface area contributed by atoms with E-state index in [1.165, 1.54) is 16.4 Å². The molecule has 0 amide bonds. The summed E-state index contributed by atoms with van der Waals surface area (Å²) < 4.78 is 32.0. The van der Waals surface area contributed by atoms with Gasteiger partial charge in [0.15, 0.2) is 0 Å². The molecule has 0 saturated carbocycles. The van der Waals surface area contributed by atoms with Crippen LogP contribution < -0.4 is 4.90 Å². The first kappa shape index (κ1) is 20.5. The molecule has 1 aliphatic rings. The molecule has 150 valence electrons. The summed E-state index contributed by atoms with van der Waals surface area (Å²) in [7, 11) is -2.10. The van der Waals surface area contributed by atoms with Crippen LogP contribution in [0.15, 0.2) is 47.4 Å². The smallest absolute Gasteiger partial charge is 0.293 e. The predicted molar refractivity (Wildman–Crippen MR) is 106 cm³/mol. The van der Waals surface area contributed by atoms with E-state index < -0.39 is 14.9 Å². The second-order valence-electron chi connectivity index (χ2n) is 6.41. The molecule has 1 saturated heterocycles. The molecular weight excluding hydrogens is 406 g/mol. The third-order valence-electron chi connectivity index (χ3n) is 4.47. The highest BCUT2D eigenvalue weighted by Gasteiger charge is 2.29. The van der Waals surface area contributed by atoms with Gasteiger partial charge in [-0.2, -0.15) is 4.31 Å². The molecule has 3 rings (SSSR count). The van der Waals surface area contributed by atoms with Crippen LogP contribution in [-0.4, -0.2) is 51.0 Å². The Morgan fingerprint density at radius 2 is 1.93 bits per heavy atom. The molecule has 1 heterocycles. The Morgan fingerprint density at radius 3 is 2.57 bits per heavy atom. The quantitative estimate of drug-likeness (QED) is 0.521. The number of hydrogen-bond donors (Lipinski definition) is 0. The lowest BCUT2D eigenvalue weighted by Gasteiger charge is -2.26. The number of nitro benzene ring substituents is 1. The minimum absolute atomic E-state index is 0.0963. The molecule has 1 aliphatic heterocycles. The van der Waals surface area contributed by atoms with Crippen molar-refractivity contribution >= 4 is 33.0 Å². The highest BCUT2D eigenvalue weighted by atomic mass is 35.5. The lowest BCUT2D eigenvalue weighted by Crippen LogP contribution is -2.40. The van der Waals surface area contributed by atoms with Crippen LogP contribution in [0.25, 0.3) is 0 Å². The van der Waals surface area contributed by atoms with Gasteiger partial charge >= 0.3 is 0 Å². The molecule has 1 fully saturated rings. The highest BCUT2D eigenvalue weighted by molar-refractivity contribution is 7.89. The number of anilines is 1. The number of benzene rings is 2. The number of morpholine rings is 1. The summed E-state index contributed by atoms with van der Waals surface area (Å²) >= 11 is 5.99. The lowest BCUT2D eigenvalue weighted by molar-refractivity contribution is -0.384. The zero-order chi connectivity index (χ0) is 20.3. The first-order valence-corrected chi connectivity index (χ1v) is 10.4. The van der Waals surface area contributed by atoms with Gasteiger partial charge in [-0.1, -0.05) is 23.7 Å². The van der Waals surface area contributed by atoms with Crippen molar-refractivity contribution in [2.45, 2.75) is 11.4 Å². The summed E-state index contributed by atoms with van der Waals surface area (Å²) in [5.74, 6) is 0. The lowest BCUT2D eigenvalue weighted by atomic mass is 10.2. The van der Waals surface area contributed by atoms with Gasteiger partial charge in [0.2, 0.25) is 10.0 Å². The molecule has 0 spiro atoms. The summed E-state index contributed by atoms with van der Waals surface area (Å²) in [5.41, 5.74) is 0.944. The molecule has 0 radical (unpaired) electrons. The van der Waals surface area contributed by atoms with Gasteiger partial charge in [0.05, 0.1) is 23.0 Å². The van der Waals surface area contributed by atoms with Gasteiger partial charge in [0.1, 0.15) is 5.69 Å². The van der Waals surface area contributed by atoms with Crippen molar-refractivity contribution in [3.63, 3.8) is 0 Å². The van der Waals surface area contributed by atoms with E-state index in [-0.39, 0.29) is 23.7 Å². The van der Waals surface area contributed by atoms with Crippen LogP contribution in [0.4, 0.5) is 11.4 Å². The third kappa shape index (κ3) is 4.44. The van der Waals surface area contributed by atoms with E-state index in [2.05, 4.69) is 0 Å². The van der Waals surface area contributed by atoms with Gasteiger partial charge in [-0.05, 0) is 29.8 Å². The molecule has 0 N–H and O–H groups in total. The molecular formula is C18H20ClN3O5S. The largest absolute Gasteiger partial charge is 0.379 e. The Balaban J connectivity index is 1.91. The Morgan fingerprint density at radius 1 is 1.21 bits per heavy atom. The van der Waals surface area contributed by atoms with Gasteiger partial charge in [0, 0.05) is 37.8 Å². The van der Waals surface area contributed by atoms with Gasteiger partial charge in [-0.25, -0.2) is 8.42 Å². The molecule has 8 nitrogen and oxygen atoms in total. The maximum Gasteiger partial charge on any atom is 0.293 e. The van der Waals surface area contributed by atoms with E-state index in [0.29, 0.717) is 30.5 Å². The average molecular weight is 426 g/mol. The van der Waals surface area contributed by atoms with Crippen LogP contribution in [-0.2, 0) is 21.3 Å². The fourth-order valence-electron chi connectivity index (χ4n) is 3.06. The van der Waals surface area contributed by atoms with Crippen LogP contribution in [0.5, 0.6) is 0 Å². The number of ether oxygens (including phenoxy) is 1. The first-order valence-electron chi connectivity index (χ1n) is 8.61. The SMILES string of the molecule is CN(Cc1cccc(Cl)c1)c1ccc(S(=O)(=O)N2CCOCC2)cc1[N+](=O)[O-]. The maximum atomic E-state index is 12.8. The summed E-state index contributed by atoms with van der Waals surface area (Å²) in [6.07, 6.45) is 0. The van der Waals surface area contributed by atoms with Gasteiger partial charge in [-0.15, -0.1) is 0 Å². The standard InChI is InChI=1S/C18H20ClN3O5S/c1-20(13-14-3-2-4-15(19)11-14)17-6-5-16(12-18(17)22(23)24)28(25,26)21-7-9-27-10-8-21/h2-6,11-12H,7-10,13H2,1H3. The van der Waals surface area contributed by atoms with Gasteiger partial charge in [0.25, 0.3) is 5.69 Å². The maximum absolute atomic E-state index is 12.8. The number of rotatable bonds is 6. The number of halogens is 1. The number of nitrogens with zero attached hydrogens (tertiary/aromatic N) is 3. The Kier molecular flexibility index (Phi) is 6.19. The first-order chi connectivity index (χ1) is 13.3. The highest BCUT2D eigenvalue weighted by Crippen LogP contribution is 2.32. The molecule has 28 heavy (non-hydrogen) atoms. The third-order valence-corrected chi connectivity index (χ3v) is 6.60. The normalized spacial score (nSPS) is 15.4. The van der Waals surface area contributed by atoms with E-state index in [9.17, 15) is 18.5 Å². The molecule has 0 aliphatic carbocycles. The predicted octanol–water partition coefficient (Wildman–Crippen LogP) is 2.91. The number of nitro groups is 1. The summed E-state index contributed by atoms with van der Waals surface area (Å²) in [4.78, 5) is 12.6. The summed E-state index contributed by atoms with van der Waals surface area (Å²) in [6.45, 7) is 1.46. The van der Waals surface area contributed by atoms with E-state index >= 15 is 0 Å². The molecule has 0 atom stereocenters. The van der Waals surface area contributed by atoms with Crippen molar-refractivity contribution in [3.8, 4) is 0 Å². The fraction of sp³-hybridized carbons (Fsp3) is 0.333. The van der Waals surface area contributed by atoms with Crippen molar-refractivity contribution in [1.29, 1.82) is 0 Å². The van der Waals surface area contributed by atoms with Crippen LogP contribution in [0.3, 0.4) is 0 Å². The fourth-order valence-corrected chi connectivity index (χ4v) is 4.70. The van der Waals surface area contributed by atoms with E-state index in [0.717, 1.165) is 11.6 Å². The molecule has 10 heteroatoms. The Hall–Kier alpha value is -2.20. The van der Waals surface area contributed by atoms with Crippen LogP contribution >= 0.6 is 11.6 Å². The average Bonchev–Trinajstić information content (AvgIpc) is 2.68. The van der Waals surface area contributed by atoms with Crippen molar-refractivity contribution in [2.24, 2.45) is 0 Å². The minimum atomic E-state index is -3.81. The zero-order valence-electron chi connectivity index (χ0n) is 15.2. The van der Waals surface area contributed by atoms with Crippen molar-refractivity contribution in [3.05, 3.63) is 63.2 Å². The topological polar surface area (TPSA) is 93.0 Å². The van der Waals surface area contributed by atoms with Crippen LogP contribution in [0.2, 0.25) is 5.02 Å². The Labute approximate surface area is 168 Å². The van der Waals surface area contributed by atoms with E-state index in [4.69, 9.17) is 16.3 Å². The molecule has 2 aromatic carbocycles. The molecule has 2 aromatic rings. The minimum Gasteiger partial charge on any atom is -0.379 e. The van der Waals surface area contributed by atoms with Gasteiger partial charge in [-0.3, -0.25) is 10.1 Å². The Bertz CT molecular complexity index is 977. The number of hydrogen-bond acceptors (Lipinski definition) is 6. The summed E-state index contributed by atoms with van der Waals surface area (Å²) in [5, 5.41) is 12.2. The molecule has 0 bridgehead atoms. The van der Waals surface area contributed by atoms with Crippen LogP contribution in [0, 0.1) is 10.1 Å². The second kappa shape index (κ2) is 8.44. The van der Waals surface area contributed by atoms with Gasteiger partial charge < -0.3 is 9.64 Å². The van der Waals surface area contributed by atoms with Crippen molar-refractivity contribution < 1.29 is 18.1 Å². The van der Waals surface area contributed by atoms with Crippen molar-refractivity contribution in [2.75, 3.05) is 38.3 Å². The molecule has 0 unspecified atom stereocenters. The zero-order valence-corrected chi connectivity index (χ0v) is 16.8. The van der Waals surface area contributed by atoms with Crippen LogP contribution in [0.1, 0.15) is 5.56 Å². The second-order valence-corrected chi connectivity index (χ2v) is 8.78. The summed E-state index contributed by atoms with van der Waals surface area (Å²) in [6, 6.07) is 11.2. The van der Waals surface area contributed by atoms with E-state index in [1.54, 1.807) is 30.1 Å². The molecule has 0 aromatic heterocycles. The van der Waals surface area contributed by atoms with E-state index in [1.807, 2.05) is 6.07 Å². The number of sulfonamides is 1. The monoisotopic (exact) mass is 425 g/mol. The van der Waals surface area contributed by atoms with Crippen molar-refractivity contribution in [1.82, 2.24) is 4.31 Å².